The summed E-state index contributed by atoms with van der Waals surface area (Å²) in [5.74, 6) is 0.547. The topological polar surface area (TPSA) is 17.1 Å². The van der Waals surface area contributed by atoms with Gasteiger partial charge in [-0.25, -0.2) is 0 Å². The third-order valence-corrected chi connectivity index (χ3v) is 3.72. The van der Waals surface area contributed by atoms with E-state index in [1.54, 1.807) is 0 Å². The van der Waals surface area contributed by atoms with Gasteiger partial charge >= 0.3 is 0 Å². The summed E-state index contributed by atoms with van der Waals surface area (Å²) in [6, 6.07) is 0. The van der Waals surface area contributed by atoms with Crippen LogP contribution in [0.15, 0.2) is 12.2 Å². The zero-order valence-electron chi connectivity index (χ0n) is 13.2. The van der Waals surface area contributed by atoms with E-state index in [0.717, 1.165) is 19.1 Å². The molecule has 0 N–H and O–H groups in total. The number of carbonyl (C=O) groups excluding carboxylic acids is 1. The number of carbonyl (C=O) groups is 1. The summed E-state index contributed by atoms with van der Waals surface area (Å²) in [6.45, 7) is 4.42. The zero-order valence-corrected chi connectivity index (χ0v) is 13.2. The second-order valence-corrected chi connectivity index (χ2v) is 5.82. The molecule has 0 aromatic carbocycles. The molecular weight excluding hydrogens is 232 g/mol. The van der Waals surface area contributed by atoms with Gasteiger partial charge in [-0.15, -0.1) is 0 Å². The van der Waals surface area contributed by atoms with Crippen molar-refractivity contribution in [1.82, 2.24) is 0 Å². The van der Waals surface area contributed by atoms with E-state index in [-0.39, 0.29) is 0 Å². The van der Waals surface area contributed by atoms with Crippen LogP contribution in [0.2, 0.25) is 0 Å². The predicted molar refractivity (Wildman–Crippen MR) is 85.4 cm³/mol. The molecule has 0 heterocycles. The first-order valence-corrected chi connectivity index (χ1v) is 8.39. The van der Waals surface area contributed by atoms with Crippen molar-refractivity contribution in [3.8, 4) is 0 Å². The van der Waals surface area contributed by atoms with Crippen LogP contribution < -0.4 is 0 Å². The number of aldehydes is 1. The lowest BCUT2D eigenvalue weighted by Gasteiger charge is -2.03. The fourth-order valence-electron chi connectivity index (χ4n) is 2.29. The average Bonchev–Trinajstić information content (AvgIpc) is 2.40. The van der Waals surface area contributed by atoms with Gasteiger partial charge in [0.2, 0.25) is 0 Å². The fourth-order valence-corrected chi connectivity index (χ4v) is 2.29. The molecule has 0 aromatic rings. The Bertz CT molecular complexity index is 208. The number of unbranched alkanes of at least 4 members (excludes halogenated alkanes) is 8. The predicted octanol–water partition coefficient (Wildman–Crippen LogP) is 6.08. The Morgan fingerprint density at radius 1 is 0.842 bits per heavy atom. The first kappa shape index (κ1) is 18.4. The van der Waals surface area contributed by atoms with Gasteiger partial charge in [0, 0.05) is 6.42 Å². The Morgan fingerprint density at radius 3 is 2.05 bits per heavy atom. The quantitative estimate of drug-likeness (QED) is 0.211. The highest BCUT2D eigenvalue weighted by atomic mass is 16.1. The summed E-state index contributed by atoms with van der Waals surface area (Å²) in [5, 5.41) is 0. The van der Waals surface area contributed by atoms with E-state index < -0.39 is 0 Å². The van der Waals surface area contributed by atoms with Crippen LogP contribution in [0.4, 0.5) is 0 Å². The molecule has 0 bridgehead atoms. The molecular formula is C18H34O. The first-order valence-electron chi connectivity index (χ1n) is 8.39. The molecule has 1 heteroatoms. The van der Waals surface area contributed by atoms with Gasteiger partial charge in [0.25, 0.3) is 0 Å². The van der Waals surface area contributed by atoms with E-state index in [2.05, 4.69) is 26.0 Å². The fraction of sp³-hybridized carbons (Fsp3) is 0.833. The van der Waals surface area contributed by atoms with Crippen LogP contribution in [-0.2, 0) is 4.79 Å². The lowest BCUT2D eigenvalue weighted by atomic mass is 10.0. The van der Waals surface area contributed by atoms with E-state index >= 15 is 0 Å². The van der Waals surface area contributed by atoms with Crippen LogP contribution in [0.1, 0.15) is 90.9 Å². The molecule has 1 unspecified atom stereocenters. The van der Waals surface area contributed by atoms with Gasteiger partial charge in [-0.3, -0.25) is 0 Å². The van der Waals surface area contributed by atoms with Crippen LogP contribution in [-0.4, -0.2) is 6.29 Å². The molecule has 112 valence electrons. The Balaban J connectivity index is 3.14. The molecule has 0 aliphatic carbocycles. The zero-order chi connectivity index (χ0) is 14.2. The van der Waals surface area contributed by atoms with Crippen molar-refractivity contribution >= 4 is 6.29 Å². The van der Waals surface area contributed by atoms with Crippen LogP contribution >= 0.6 is 0 Å². The Morgan fingerprint density at radius 2 is 1.42 bits per heavy atom. The first-order chi connectivity index (χ1) is 9.31. The van der Waals surface area contributed by atoms with Gasteiger partial charge < -0.3 is 4.79 Å². The second-order valence-electron chi connectivity index (χ2n) is 5.82. The summed E-state index contributed by atoms with van der Waals surface area (Å²) in [7, 11) is 0. The second kappa shape index (κ2) is 15.5. The van der Waals surface area contributed by atoms with Gasteiger partial charge in [0.1, 0.15) is 6.29 Å². The van der Waals surface area contributed by atoms with Crippen molar-refractivity contribution in [3.63, 3.8) is 0 Å². The van der Waals surface area contributed by atoms with E-state index in [1.807, 2.05) is 0 Å². The summed E-state index contributed by atoms with van der Waals surface area (Å²) in [5.41, 5.74) is 0. The molecule has 0 radical (unpaired) electrons. The molecule has 0 amide bonds. The number of rotatable bonds is 14. The normalized spacial score (nSPS) is 12.9. The van der Waals surface area contributed by atoms with Crippen LogP contribution in [0.3, 0.4) is 0 Å². The van der Waals surface area contributed by atoms with Gasteiger partial charge in [0.15, 0.2) is 0 Å². The molecule has 0 aliphatic heterocycles. The molecule has 1 atom stereocenters. The van der Waals surface area contributed by atoms with E-state index in [1.165, 1.54) is 57.8 Å². The monoisotopic (exact) mass is 266 g/mol. The molecule has 0 saturated carbocycles. The highest BCUT2D eigenvalue weighted by molar-refractivity contribution is 5.49. The smallest absolute Gasteiger partial charge is 0.120 e. The minimum atomic E-state index is 0.547. The van der Waals surface area contributed by atoms with Crippen LogP contribution in [0.5, 0.6) is 0 Å². The maximum absolute atomic E-state index is 10.3. The standard InChI is InChI=1S/C18H34O/c1-3-4-5-6-7-8-9-10-11-12-13-14-15-18(2)16-17-19/h12-13,17-18H,3-11,14-16H2,1-2H3. The Kier molecular flexibility index (Phi) is 15.0. The minimum absolute atomic E-state index is 0.547. The highest BCUT2D eigenvalue weighted by Gasteiger charge is 1.98. The summed E-state index contributed by atoms with van der Waals surface area (Å²) >= 11 is 0. The van der Waals surface area contributed by atoms with Gasteiger partial charge in [-0.1, -0.05) is 70.9 Å². The third-order valence-electron chi connectivity index (χ3n) is 3.72. The van der Waals surface area contributed by atoms with E-state index in [9.17, 15) is 4.79 Å². The van der Waals surface area contributed by atoms with Crippen molar-refractivity contribution in [2.24, 2.45) is 5.92 Å². The number of hydrogen-bond acceptors (Lipinski definition) is 1. The molecule has 0 saturated heterocycles. The number of allylic oxidation sites excluding steroid dienone is 2. The molecule has 19 heavy (non-hydrogen) atoms. The van der Waals surface area contributed by atoms with Crippen LogP contribution in [0.25, 0.3) is 0 Å². The molecule has 0 fully saturated rings. The minimum Gasteiger partial charge on any atom is -0.303 e. The third kappa shape index (κ3) is 15.4. The lowest BCUT2D eigenvalue weighted by molar-refractivity contribution is -0.108. The average molecular weight is 266 g/mol. The van der Waals surface area contributed by atoms with Crippen molar-refractivity contribution in [3.05, 3.63) is 12.2 Å². The number of hydrogen-bond donors (Lipinski definition) is 0. The SMILES string of the molecule is CCCCCCCCCCC=CCCC(C)CC=O. The van der Waals surface area contributed by atoms with Crippen molar-refractivity contribution in [1.29, 1.82) is 0 Å². The molecule has 0 rings (SSSR count). The summed E-state index contributed by atoms with van der Waals surface area (Å²) in [4.78, 5) is 10.3. The molecule has 0 aliphatic rings. The Labute approximate surface area is 120 Å². The van der Waals surface area contributed by atoms with E-state index in [4.69, 9.17) is 0 Å². The summed E-state index contributed by atoms with van der Waals surface area (Å²) in [6.07, 6.45) is 21.0. The van der Waals surface area contributed by atoms with E-state index in [0.29, 0.717) is 12.3 Å². The van der Waals surface area contributed by atoms with Gasteiger partial charge in [0.05, 0.1) is 0 Å². The maximum Gasteiger partial charge on any atom is 0.120 e. The largest absolute Gasteiger partial charge is 0.303 e. The van der Waals surface area contributed by atoms with Gasteiger partial charge in [-0.05, 0) is 31.6 Å². The Hall–Kier alpha value is -0.590. The molecule has 1 nitrogen and oxygen atoms in total. The molecule has 0 aromatic heterocycles. The van der Waals surface area contributed by atoms with Gasteiger partial charge in [-0.2, -0.15) is 0 Å². The lowest BCUT2D eigenvalue weighted by Crippen LogP contribution is -1.93. The summed E-state index contributed by atoms with van der Waals surface area (Å²) < 4.78 is 0. The molecule has 0 spiro atoms. The highest BCUT2D eigenvalue weighted by Crippen LogP contribution is 2.11. The van der Waals surface area contributed by atoms with Crippen molar-refractivity contribution in [2.45, 2.75) is 90.9 Å². The van der Waals surface area contributed by atoms with Crippen molar-refractivity contribution in [2.75, 3.05) is 0 Å². The van der Waals surface area contributed by atoms with Crippen LogP contribution in [0, 0.1) is 5.92 Å². The van der Waals surface area contributed by atoms with Crippen molar-refractivity contribution < 1.29 is 4.79 Å². The maximum atomic E-state index is 10.3.